The molecule has 1 rings (SSSR count). The van der Waals surface area contributed by atoms with Crippen LogP contribution in [0.4, 0.5) is 0 Å². The number of carbonyl (C=O) groups excluding carboxylic acids is 1. The number of nitrogens with two attached hydrogens (primary N) is 1. The number of amides is 1. The van der Waals surface area contributed by atoms with Crippen molar-refractivity contribution < 1.29 is 4.79 Å². The SMILES string of the molecule is CSc1ccc(CN(C)C(=O)CCCN)cc1. The van der Waals surface area contributed by atoms with Crippen molar-refractivity contribution in [3.05, 3.63) is 29.8 Å². The highest BCUT2D eigenvalue weighted by Crippen LogP contribution is 2.15. The molecule has 0 aliphatic carbocycles. The van der Waals surface area contributed by atoms with Crippen LogP contribution in [0.1, 0.15) is 18.4 Å². The van der Waals surface area contributed by atoms with Gasteiger partial charge in [0.05, 0.1) is 0 Å². The zero-order valence-electron chi connectivity index (χ0n) is 10.5. The predicted octanol–water partition coefficient (Wildman–Crippen LogP) is 2.11. The Balaban J connectivity index is 2.49. The highest BCUT2D eigenvalue weighted by molar-refractivity contribution is 7.98. The highest BCUT2D eigenvalue weighted by Gasteiger charge is 2.08. The van der Waals surface area contributed by atoms with Gasteiger partial charge in [-0.1, -0.05) is 12.1 Å². The Bertz CT molecular complexity index is 351. The van der Waals surface area contributed by atoms with Crippen LogP contribution in [-0.2, 0) is 11.3 Å². The van der Waals surface area contributed by atoms with Gasteiger partial charge in [-0.2, -0.15) is 0 Å². The van der Waals surface area contributed by atoms with Crippen molar-refractivity contribution in [2.24, 2.45) is 5.73 Å². The fraction of sp³-hybridized carbons (Fsp3) is 0.462. The van der Waals surface area contributed by atoms with E-state index in [4.69, 9.17) is 5.73 Å². The summed E-state index contributed by atoms with van der Waals surface area (Å²) in [5.41, 5.74) is 6.55. The average Bonchev–Trinajstić information content (AvgIpc) is 2.36. The highest BCUT2D eigenvalue weighted by atomic mass is 32.2. The number of nitrogens with zero attached hydrogens (tertiary/aromatic N) is 1. The molecule has 1 amide bonds. The molecule has 17 heavy (non-hydrogen) atoms. The molecule has 2 N–H and O–H groups in total. The van der Waals surface area contributed by atoms with Gasteiger partial charge in [-0.05, 0) is 36.9 Å². The van der Waals surface area contributed by atoms with Gasteiger partial charge in [-0.3, -0.25) is 4.79 Å². The molecule has 0 unspecified atom stereocenters. The van der Waals surface area contributed by atoms with Crippen molar-refractivity contribution in [3.63, 3.8) is 0 Å². The average molecular weight is 252 g/mol. The quantitative estimate of drug-likeness (QED) is 0.789. The molecule has 4 heteroatoms. The maximum atomic E-state index is 11.7. The fourth-order valence-corrected chi connectivity index (χ4v) is 1.95. The topological polar surface area (TPSA) is 46.3 Å². The third-order valence-corrected chi connectivity index (χ3v) is 3.34. The third kappa shape index (κ3) is 4.79. The Hall–Kier alpha value is -1.00. The van der Waals surface area contributed by atoms with Gasteiger partial charge in [0.1, 0.15) is 0 Å². The van der Waals surface area contributed by atoms with Gasteiger partial charge in [-0.15, -0.1) is 11.8 Å². The lowest BCUT2D eigenvalue weighted by Gasteiger charge is -2.17. The molecule has 0 aromatic heterocycles. The van der Waals surface area contributed by atoms with E-state index in [0.29, 0.717) is 19.5 Å². The normalized spacial score (nSPS) is 10.3. The van der Waals surface area contributed by atoms with Crippen molar-refractivity contribution in [3.8, 4) is 0 Å². The summed E-state index contributed by atoms with van der Waals surface area (Å²) in [6, 6.07) is 8.30. The van der Waals surface area contributed by atoms with Gasteiger partial charge in [-0.25, -0.2) is 0 Å². The summed E-state index contributed by atoms with van der Waals surface area (Å²) in [5, 5.41) is 0. The van der Waals surface area contributed by atoms with E-state index in [9.17, 15) is 4.79 Å². The molecule has 0 atom stereocenters. The van der Waals surface area contributed by atoms with Crippen LogP contribution in [-0.4, -0.2) is 30.7 Å². The first-order valence-electron chi connectivity index (χ1n) is 5.74. The number of thioether (sulfide) groups is 1. The minimum atomic E-state index is 0.157. The molecular formula is C13H20N2OS. The molecule has 0 bridgehead atoms. The molecule has 0 spiro atoms. The lowest BCUT2D eigenvalue weighted by molar-refractivity contribution is -0.130. The molecule has 0 heterocycles. The van der Waals surface area contributed by atoms with E-state index in [-0.39, 0.29) is 5.91 Å². The molecule has 1 aromatic rings. The standard InChI is InChI=1S/C13H20N2OS/c1-15(13(16)4-3-9-14)10-11-5-7-12(17-2)8-6-11/h5-8H,3-4,9-10,14H2,1-2H3. The van der Waals surface area contributed by atoms with Gasteiger partial charge in [0.2, 0.25) is 5.91 Å². The first-order valence-corrected chi connectivity index (χ1v) is 6.97. The lowest BCUT2D eigenvalue weighted by Crippen LogP contribution is -2.26. The van der Waals surface area contributed by atoms with Crippen LogP contribution in [0.15, 0.2) is 29.2 Å². The molecule has 0 aliphatic heterocycles. The van der Waals surface area contributed by atoms with Crippen molar-refractivity contribution in [2.45, 2.75) is 24.3 Å². The van der Waals surface area contributed by atoms with Gasteiger partial charge < -0.3 is 10.6 Å². The van der Waals surface area contributed by atoms with E-state index in [1.54, 1.807) is 16.7 Å². The predicted molar refractivity (Wildman–Crippen MR) is 73.0 cm³/mol. The molecule has 1 aromatic carbocycles. The van der Waals surface area contributed by atoms with Crippen LogP contribution in [0.5, 0.6) is 0 Å². The van der Waals surface area contributed by atoms with E-state index in [1.807, 2.05) is 7.05 Å². The number of benzene rings is 1. The minimum absolute atomic E-state index is 0.157. The Morgan fingerprint density at radius 1 is 1.35 bits per heavy atom. The monoisotopic (exact) mass is 252 g/mol. The Kier molecular flexibility index (Phi) is 6.08. The van der Waals surface area contributed by atoms with Gasteiger partial charge in [0, 0.05) is 24.9 Å². The van der Waals surface area contributed by atoms with Crippen LogP contribution in [0, 0.1) is 0 Å². The molecule has 3 nitrogen and oxygen atoms in total. The summed E-state index contributed by atoms with van der Waals surface area (Å²) in [4.78, 5) is 14.7. The van der Waals surface area contributed by atoms with Gasteiger partial charge in [0.25, 0.3) is 0 Å². The molecule has 0 saturated heterocycles. The van der Waals surface area contributed by atoms with Gasteiger partial charge in [0.15, 0.2) is 0 Å². The van der Waals surface area contributed by atoms with Gasteiger partial charge >= 0.3 is 0 Å². The largest absolute Gasteiger partial charge is 0.341 e. The van der Waals surface area contributed by atoms with E-state index in [2.05, 4.69) is 30.5 Å². The zero-order chi connectivity index (χ0) is 12.7. The first kappa shape index (κ1) is 14.1. The second-order valence-corrected chi connectivity index (χ2v) is 4.87. The van der Waals surface area contributed by atoms with Crippen molar-refractivity contribution >= 4 is 17.7 Å². The number of hydrogen-bond donors (Lipinski definition) is 1. The van der Waals surface area contributed by atoms with E-state index in [0.717, 1.165) is 12.0 Å². The molecule has 0 saturated carbocycles. The van der Waals surface area contributed by atoms with E-state index in [1.165, 1.54) is 4.90 Å². The molecule has 0 radical (unpaired) electrons. The number of hydrogen-bond acceptors (Lipinski definition) is 3. The Morgan fingerprint density at radius 3 is 2.53 bits per heavy atom. The smallest absolute Gasteiger partial charge is 0.222 e. The maximum absolute atomic E-state index is 11.7. The van der Waals surface area contributed by atoms with E-state index < -0.39 is 0 Å². The van der Waals surface area contributed by atoms with Crippen LogP contribution in [0.25, 0.3) is 0 Å². The molecular weight excluding hydrogens is 232 g/mol. The summed E-state index contributed by atoms with van der Waals surface area (Å²) < 4.78 is 0. The van der Waals surface area contributed by atoms with Crippen molar-refractivity contribution in [2.75, 3.05) is 19.8 Å². The summed E-state index contributed by atoms with van der Waals surface area (Å²) >= 11 is 1.72. The summed E-state index contributed by atoms with van der Waals surface area (Å²) in [6.45, 7) is 1.24. The zero-order valence-corrected chi connectivity index (χ0v) is 11.3. The second-order valence-electron chi connectivity index (χ2n) is 3.99. The summed E-state index contributed by atoms with van der Waals surface area (Å²) in [7, 11) is 1.83. The van der Waals surface area contributed by atoms with Crippen molar-refractivity contribution in [1.82, 2.24) is 4.90 Å². The molecule has 94 valence electrons. The first-order chi connectivity index (χ1) is 8.17. The van der Waals surface area contributed by atoms with Crippen LogP contribution >= 0.6 is 11.8 Å². The fourth-order valence-electron chi connectivity index (χ4n) is 1.54. The molecule has 0 fully saturated rings. The van der Waals surface area contributed by atoms with Crippen LogP contribution < -0.4 is 5.73 Å². The Morgan fingerprint density at radius 2 is 2.00 bits per heavy atom. The van der Waals surface area contributed by atoms with Crippen molar-refractivity contribution in [1.29, 1.82) is 0 Å². The maximum Gasteiger partial charge on any atom is 0.222 e. The number of rotatable bonds is 6. The number of carbonyl (C=O) groups is 1. The third-order valence-electron chi connectivity index (χ3n) is 2.60. The van der Waals surface area contributed by atoms with E-state index >= 15 is 0 Å². The summed E-state index contributed by atoms with van der Waals surface area (Å²) in [5.74, 6) is 0.157. The summed E-state index contributed by atoms with van der Waals surface area (Å²) in [6.07, 6.45) is 3.35. The molecule has 0 aliphatic rings. The minimum Gasteiger partial charge on any atom is -0.341 e. The van der Waals surface area contributed by atoms with Crippen LogP contribution in [0.2, 0.25) is 0 Å². The van der Waals surface area contributed by atoms with Crippen LogP contribution in [0.3, 0.4) is 0 Å². The Labute approximate surface area is 107 Å². The lowest BCUT2D eigenvalue weighted by atomic mass is 10.2. The second kappa shape index (κ2) is 7.35.